The maximum Gasteiger partial charge on any atom is 0.114 e. The van der Waals surface area contributed by atoms with Crippen molar-refractivity contribution in [1.82, 2.24) is 0 Å². The molecule has 0 saturated heterocycles. The van der Waals surface area contributed by atoms with Crippen molar-refractivity contribution in [2.45, 2.75) is 71.4 Å². The Morgan fingerprint density at radius 2 is 1.79 bits per heavy atom. The molecule has 2 aliphatic heterocycles. The summed E-state index contributed by atoms with van der Waals surface area (Å²) in [7, 11) is 0. The van der Waals surface area contributed by atoms with Crippen molar-refractivity contribution in [3.63, 3.8) is 0 Å². The van der Waals surface area contributed by atoms with Crippen LogP contribution in [0, 0.1) is 5.41 Å². The average Bonchev–Trinajstić information content (AvgIpc) is 3.13. The van der Waals surface area contributed by atoms with E-state index in [1.165, 1.54) is 41.0 Å². The molecule has 0 bridgehead atoms. The van der Waals surface area contributed by atoms with E-state index in [1.807, 2.05) is 0 Å². The molecule has 0 fully saturated rings. The molecule has 4 rings (SSSR count). The van der Waals surface area contributed by atoms with Crippen molar-refractivity contribution in [3.05, 3.63) is 66.2 Å². The molecule has 3 unspecified atom stereocenters. The minimum atomic E-state index is -0.0445. The third-order valence-electron chi connectivity index (χ3n) is 7.66. The lowest BCUT2D eigenvalue weighted by atomic mass is 9.54. The largest absolute Gasteiger partial charge is 0.362 e. The molecule has 0 aromatic heterocycles. The predicted molar refractivity (Wildman–Crippen MR) is 122 cm³/mol. The first kappa shape index (κ1) is 19.1. The monoisotopic (exact) mass is 374 g/mol. The molecule has 2 nitrogen and oxygen atoms in total. The van der Waals surface area contributed by atoms with Gasteiger partial charge in [-0.15, -0.1) is 6.58 Å². The molecule has 1 N–H and O–H groups in total. The minimum absolute atomic E-state index is 0.0416. The molecule has 2 aromatic rings. The molecule has 2 heterocycles. The SMILES string of the molecule is C=CC1(CC)C2Nc3c(CCCC)cccc3N2c2ccccc2C1(C)CC. The molecule has 0 amide bonds. The molecule has 0 aliphatic carbocycles. The van der Waals surface area contributed by atoms with Gasteiger partial charge in [-0.25, -0.2) is 0 Å². The summed E-state index contributed by atoms with van der Waals surface area (Å²) < 4.78 is 0. The highest BCUT2D eigenvalue weighted by Crippen LogP contribution is 2.62. The van der Waals surface area contributed by atoms with Gasteiger partial charge >= 0.3 is 0 Å². The molecule has 28 heavy (non-hydrogen) atoms. The van der Waals surface area contributed by atoms with Crippen molar-refractivity contribution >= 4 is 17.1 Å². The quantitative estimate of drug-likeness (QED) is 0.539. The van der Waals surface area contributed by atoms with E-state index in [-0.39, 0.29) is 17.0 Å². The summed E-state index contributed by atoms with van der Waals surface area (Å²) in [4.78, 5) is 2.56. The van der Waals surface area contributed by atoms with Crippen molar-refractivity contribution in [2.24, 2.45) is 5.41 Å². The summed E-state index contributed by atoms with van der Waals surface area (Å²) >= 11 is 0. The van der Waals surface area contributed by atoms with E-state index >= 15 is 0 Å². The van der Waals surface area contributed by atoms with Gasteiger partial charge in [0, 0.05) is 16.5 Å². The first-order valence-electron chi connectivity index (χ1n) is 11.0. The van der Waals surface area contributed by atoms with Gasteiger partial charge in [-0.3, -0.25) is 0 Å². The fraction of sp³-hybridized carbons (Fsp3) is 0.462. The number of aryl methyl sites for hydroxylation is 1. The number of nitrogens with zero attached hydrogens (tertiary/aromatic N) is 1. The van der Waals surface area contributed by atoms with Crippen LogP contribution in [0.25, 0.3) is 0 Å². The molecule has 3 atom stereocenters. The van der Waals surface area contributed by atoms with Crippen LogP contribution in [-0.4, -0.2) is 6.17 Å². The number of benzene rings is 2. The molecule has 2 aromatic carbocycles. The lowest BCUT2D eigenvalue weighted by molar-refractivity contribution is 0.141. The number of unbranched alkanes of at least 4 members (excludes halogenated alkanes) is 1. The normalized spacial score (nSPS) is 27.6. The number of nitrogens with one attached hydrogen (secondary N) is 1. The lowest BCUT2D eigenvalue weighted by Gasteiger charge is -2.57. The van der Waals surface area contributed by atoms with Crippen LogP contribution in [0.2, 0.25) is 0 Å². The summed E-state index contributed by atoms with van der Waals surface area (Å²) in [5, 5.41) is 3.99. The van der Waals surface area contributed by atoms with Gasteiger partial charge in [0.2, 0.25) is 0 Å². The zero-order valence-corrected chi connectivity index (χ0v) is 17.9. The average molecular weight is 375 g/mol. The van der Waals surface area contributed by atoms with Gasteiger partial charge in [-0.2, -0.15) is 0 Å². The van der Waals surface area contributed by atoms with Gasteiger partial charge in [0.1, 0.15) is 6.17 Å². The maximum atomic E-state index is 4.37. The van der Waals surface area contributed by atoms with E-state index in [1.54, 1.807) is 0 Å². The molecule has 0 saturated carbocycles. The Balaban J connectivity index is 1.97. The van der Waals surface area contributed by atoms with E-state index in [2.05, 4.69) is 93.0 Å². The van der Waals surface area contributed by atoms with Crippen LogP contribution < -0.4 is 10.2 Å². The van der Waals surface area contributed by atoms with Gasteiger partial charge in [-0.05, 0) is 48.9 Å². The Bertz CT molecular complexity index is 886. The molecular weight excluding hydrogens is 340 g/mol. The Morgan fingerprint density at radius 1 is 1.04 bits per heavy atom. The number of anilines is 3. The Labute approximate surface area is 170 Å². The molecule has 0 spiro atoms. The third-order valence-corrected chi connectivity index (χ3v) is 7.66. The van der Waals surface area contributed by atoms with Gasteiger partial charge in [0.25, 0.3) is 0 Å². The second kappa shape index (κ2) is 6.99. The molecule has 2 heteroatoms. The van der Waals surface area contributed by atoms with Crippen LogP contribution in [0.5, 0.6) is 0 Å². The number of para-hydroxylation sites is 2. The van der Waals surface area contributed by atoms with Gasteiger partial charge in [0.05, 0.1) is 11.4 Å². The number of hydrogen-bond donors (Lipinski definition) is 1. The maximum absolute atomic E-state index is 4.37. The van der Waals surface area contributed by atoms with E-state index in [0.29, 0.717) is 0 Å². The zero-order chi connectivity index (χ0) is 19.9. The summed E-state index contributed by atoms with van der Waals surface area (Å²) in [6.45, 7) is 13.7. The van der Waals surface area contributed by atoms with Crippen LogP contribution in [0.1, 0.15) is 64.5 Å². The van der Waals surface area contributed by atoms with Crippen molar-refractivity contribution < 1.29 is 0 Å². The zero-order valence-electron chi connectivity index (χ0n) is 17.9. The number of fused-ring (bicyclic) bond motifs is 5. The van der Waals surface area contributed by atoms with E-state index in [9.17, 15) is 0 Å². The Hall–Kier alpha value is -2.22. The number of rotatable bonds is 6. The van der Waals surface area contributed by atoms with Crippen LogP contribution in [0.3, 0.4) is 0 Å². The standard InChI is InChI=1S/C26H34N2/c1-6-10-14-19-15-13-18-22-23(19)27-24-26(8-3,9-4)25(5,7-2)20-16-11-12-17-21(20)28(22)24/h8,11-13,15-18,24,27H,3,6-7,9-10,14H2,1-2,4-5H3. The summed E-state index contributed by atoms with van der Waals surface area (Å²) in [5.74, 6) is 0. The van der Waals surface area contributed by atoms with Crippen molar-refractivity contribution in [2.75, 3.05) is 10.2 Å². The van der Waals surface area contributed by atoms with Gasteiger partial charge in [0.15, 0.2) is 0 Å². The minimum Gasteiger partial charge on any atom is -0.362 e. The lowest BCUT2D eigenvalue weighted by Crippen LogP contribution is -2.60. The van der Waals surface area contributed by atoms with Gasteiger partial charge < -0.3 is 10.2 Å². The van der Waals surface area contributed by atoms with Crippen LogP contribution in [-0.2, 0) is 11.8 Å². The highest BCUT2D eigenvalue weighted by atomic mass is 15.4. The Morgan fingerprint density at radius 3 is 2.46 bits per heavy atom. The van der Waals surface area contributed by atoms with Crippen molar-refractivity contribution in [3.8, 4) is 0 Å². The van der Waals surface area contributed by atoms with Crippen LogP contribution >= 0.6 is 0 Å². The Kier molecular flexibility index (Phi) is 4.77. The fourth-order valence-corrected chi connectivity index (χ4v) is 5.78. The first-order chi connectivity index (χ1) is 13.6. The van der Waals surface area contributed by atoms with Crippen LogP contribution in [0.15, 0.2) is 55.1 Å². The number of hydrogen-bond acceptors (Lipinski definition) is 2. The topological polar surface area (TPSA) is 15.3 Å². The molecule has 2 aliphatic rings. The first-order valence-corrected chi connectivity index (χ1v) is 11.0. The third kappa shape index (κ3) is 2.33. The van der Waals surface area contributed by atoms with E-state index < -0.39 is 0 Å². The predicted octanol–water partition coefficient (Wildman–Crippen LogP) is 7.18. The fourth-order valence-electron chi connectivity index (χ4n) is 5.78. The van der Waals surface area contributed by atoms with Crippen LogP contribution in [0.4, 0.5) is 17.1 Å². The molecule has 0 radical (unpaired) electrons. The molecule has 148 valence electrons. The second-order valence-electron chi connectivity index (χ2n) is 8.63. The smallest absolute Gasteiger partial charge is 0.114 e. The van der Waals surface area contributed by atoms with E-state index in [0.717, 1.165) is 19.3 Å². The highest BCUT2D eigenvalue weighted by Gasteiger charge is 2.58. The van der Waals surface area contributed by atoms with Crippen molar-refractivity contribution in [1.29, 1.82) is 0 Å². The summed E-state index contributed by atoms with van der Waals surface area (Å²) in [5.41, 5.74) is 6.89. The highest BCUT2D eigenvalue weighted by molar-refractivity contribution is 5.88. The second-order valence-corrected chi connectivity index (χ2v) is 8.63. The molecular formula is C26H34N2. The summed E-state index contributed by atoms with van der Waals surface area (Å²) in [6.07, 6.45) is 8.18. The summed E-state index contributed by atoms with van der Waals surface area (Å²) in [6, 6.07) is 15.8. The van der Waals surface area contributed by atoms with Gasteiger partial charge in [-0.1, -0.05) is 70.5 Å². The van der Waals surface area contributed by atoms with E-state index in [4.69, 9.17) is 0 Å².